The minimum absolute atomic E-state index is 0.854. The minimum atomic E-state index is 0.854. The number of aryl methyl sites for hydroxylation is 2. The molecule has 17 heavy (non-hydrogen) atoms. The molecule has 0 fully saturated rings. The summed E-state index contributed by atoms with van der Waals surface area (Å²) in [5, 5.41) is 0. The molecular weight excluding hydrogens is 280 g/mol. The first-order valence-corrected chi connectivity index (χ1v) is 6.15. The van der Waals surface area contributed by atoms with Crippen molar-refractivity contribution in [1.29, 1.82) is 0 Å². The standard InChI is InChI=1S/C13H11BrN2O/c1-7-5-10(8(2)17-7)13-15-11-4-3-9(14)6-12(11)16-13/h3-6H,1-2H3,(H,15,16). The largest absolute Gasteiger partial charge is 0.466 e. The van der Waals surface area contributed by atoms with Gasteiger partial charge in [-0.05, 0) is 38.1 Å². The molecule has 1 aromatic carbocycles. The number of hydrogen-bond acceptors (Lipinski definition) is 2. The van der Waals surface area contributed by atoms with Gasteiger partial charge in [0.05, 0.1) is 16.6 Å². The molecule has 0 saturated heterocycles. The van der Waals surface area contributed by atoms with Crippen LogP contribution in [0, 0.1) is 13.8 Å². The van der Waals surface area contributed by atoms with E-state index in [0.717, 1.165) is 38.4 Å². The number of aromatic amines is 1. The van der Waals surface area contributed by atoms with E-state index in [0.29, 0.717) is 0 Å². The monoisotopic (exact) mass is 290 g/mol. The van der Waals surface area contributed by atoms with Crippen LogP contribution in [0.15, 0.2) is 33.2 Å². The van der Waals surface area contributed by atoms with Crippen LogP contribution in [-0.2, 0) is 0 Å². The molecule has 86 valence electrons. The van der Waals surface area contributed by atoms with Crippen LogP contribution in [0.25, 0.3) is 22.4 Å². The van der Waals surface area contributed by atoms with Gasteiger partial charge in [0.2, 0.25) is 0 Å². The molecule has 2 aromatic heterocycles. The van der Waals surface area contributed by atoms with Gasteiger partial charge in [0.15, 0.2) is 0 Å². The Labute approximate surface area is 107 Å². The summed E-state index contributed by atoms with van der Waals surface area (Å²) in [6.07, 6.45) is 0. The summed E-state index contributed by atoms with van der Waals surface area (Å²) in [6.45, 7) is 3.89. The molecule has 3 rings (SSSR count). The molecule has 0 bridgehead atoms. The number of furan rings is 1. The fraction of sp³-hybridized carbons (Fsp3) is 0.154. The first-order valence-electron chi connectivity index (χ1n) is 5.36. The van der Waals surface area contributed by atoms with E-state index in [2.05, 4.69) is 25.9 Å². The lowest BCUT2D eigenvalue weighted by molar-refractivity contribution is 0.505. The molecule has 0 amide bonds. The van der Waals surface area contributed by atoms with E-state index in [4.69, 9.17) is 4.42 Å². The third-order valence-corrected chi connectivity index (χ3v) is 3.23. The lowest BCUT2D eigenvalue weighted by Gasteiger charge is -1.90. The number of benzene rings is 1. The zero-order valence-electron chi connectivity index (χ0n) is 9.54. The summed E-state index contributed by atoms with van der Waals surface area (Å²) in [5.41, 5.74) is 3.00. The molecule has 0 atom stereocenters. The first-order chi connectivity index (χ1) is 8.13. The normalized spacial score (nSPS) is 11.2. The van der Waals surface area contributed by atoms with Crippen molar-refractivity contribution < 1.29 is 4.42 Å². The maximum absolute atomic E-state index is 5.52. The molecule has 0 radical (unpaired) electrons. The smallest absolute Gasteiger partial charge is 0.142 e. The predicted octanol–water partition coefficient (Wildman–Crippen LogP) is 4.20. The van der Waals surface area contributed by atoms with Crippen LogP contribution in [-0.4, -0.2) is 9.97 Å². The van der Waals surface area contributed by atoms with Gasteiger partial charge in [-0.3, -0.25) is 0 Å². The van der Waals surface area contributed by atoms with Crippen LogP contribution in [0.3, 0.4) is 0 Å². The average Bonchev–Trinajstić information content (AvgIpc) is 2.80. The van der Waals surface area contributed by atoms with Gasteiger partial charge in [-0.2, -0.15) is 0 Å². The first kappa shape index (κ1) is 10.6. The van der Waals surface area contributed by atoms with E-state index in [1.165, 1.54) is 0 Å². The fourth-order valence-electron chi connectivity index (χ4n) is 1.98. The highest BCUT2D eigenvalue weighted by atomic mass is 79.9. The summed E-state index contributed by atoms with van der Waals surface area (Å²) in [5.74, 6) is 2.65. The topological polar surface area (TPSA) is 41.8 Å². The number of H-pyrrole nitrogens is 1. The van der Waals surface area contributed by atoms with Gasteiger partial charge in [0.1, 0.15) is 17.3 Å². The van der Waals surface area contributed by atoms with Crippen LogP contribution in [0.5, 0.6) is 0 Å². The predicted molar refractivity (Wildman–Crippen MR) is 71.0 cm³/mol. The number of fused-ring (bicyclic) bond motifs is 1. The molecule has 0 unspecified atom stereocenters. The second-order valence-electron chi connectivity index (χ2n) is 4.07. The number of imidazole rings is 1. The van der Waals surface area contributed by atoms with E-state index < -0.39 is 0 Å². The molecule has 0 aliphatic heterocycles. The third-order valence-electron chi connectivity index (χ3n) is 2.74. The molecular formula is C13H11BrN2O. The molecule has 0 spiro atoms. The van der Waals surface area contributed by atoms with E-state index in [1.54, 1.807) is 0 Å². The van der Waals surface area contributed by atoms with Gasteiger partial charge in [-0.25, -0.2) is 4.98 Å². The highest BCUT2D eigenvalue weighted by Crippen LogP contribution is 2.27. The van der Waals surface area contributed by atoms with Gasteiger partial charge < -0.3 is 9.40 Å². The molecule has 0 saturated carbocycles. The zero-order chi connectivity index (χ0) is 12.0. The van der Waals surface area contributed by atoms with Gasteiger partial charge in [-0.15, -0.1) is 0 Å². The Bertz CT molecular complexity index is 697. The Morgan fingerprint density at radius 3 is 2.76 bits per heavy atom. The molecule has 4 heteroatoms. The Kier molecular flexibility index (Phi) is 2.33. The van der Waals surface area contributed by atoms with Crippen molar-refractivity contribution in [2.45, 2.75) is 13.8 Å². The quantitative estimate of drug-likeness (QED) is 0.730. The van der Waals surface area contributed by atoms with Crippen molar-refractivity contribution in [2.24, 2.45) is 0 Å². The maximum atomic E-state index is 5.52. The van der Waals surface area contributed by atoms with E-state index in [-0.39, 0.29) is 0 Å². The Hall–Kier alpha value is -1.55. The Morgan fingerprint density at radius 1 is 1.24 bits per heavy atom. The van der Waals surface area contributed by atoms with Crippen molar-refractivity contribution in [3.8, 4) is 11.4 Å². The van der Waals surface area contributed by atoms with Gasteiger partial charge in [0, 0.05) is 4.47 Å². The molecule has 2 heterocycles. The van der Waals surface area contributed by atoms with E-state index in [1.807, 2.05) is 38.1 Å². The van der Waals surface area contributed by atoms with Crippen LogP contribution in [0.1, 0.15) is 11.5 Å². The van der Waals surface area contributed by atoms with Crippen LogP contribution in [0.2, 0.25) is 0 Å². The van der Waals surface area contributed by atoms with Crippen molar-refractivity contribution in [1.82, 2.24) is 9.97 Å². The van der Waals surface area contributed by atoms with Gasteiger partial charge in [-0.1, -0.05) is 15.9 Å². The second-order valence-corrected chi connectivity index (χ2v) is 4.99. The van der Waals surface area contributed by atoms with Crippen molar-refractivity contribution >= 4 is 27.0 Å². The van der Waals surface area contributed by atoms with Crippen LogP contribution < -0.4 is 0 Å². The number of nitrogens with zero attached hydrogens (tertiary/aromatic N) is 1. The molecule has 0 aliphatic carbocycles. The number of nitrogens with one attached hydrogen (secondary N) is 1. The highest BCUT2D eigenvalue weighted by Gasteiger charge is 2.11. The van der Waals surface area contributed by atoms with E-state index in [9.17, 15) is 0 Å². The molecule has 3 aromatic rings. The van der Waals surface area contributed by atoms with Gasteiger partial charge in [0.25, 0.3) is 0 Å². The number of rotatable bonds is 1. The summed E-state index contributed by atoms with van der Waals surface area (Å²) in [4.78, 5) is 7.87. The lowest BCUT2D eigenvalue weighted by atomic mass is 10.2. The van der Waals surface area contributed by atoms with Crippen molar-refractivity contribution in [3.05, 3.63) is 40.3 Å². The van der Waals surface area contributed by atoms with Crippen LogP contribution >= 0.6 is 15.9 Å². The summed E-state index contributed by atoms with van der Waals surface area (Å²) in [6, 6.07) is 8.00. The number of hydrogen-bond donors (Lipinski definition) is 1. The Morgan fingerprint density at radius 2 is 2.06 bits per heavy atom. The third kappa shape index (κ3) is 1.78. The summed E-state index contributed by atoms with van der Waals surface area (Å²) < 4.78 is 6.56. The summed E-state index contributed by atoms with van der Waals surface area (Å²) in [7, 11) is 0. The fourth-order valence-corrected chi connectivity index (χ4v) is 2.34. The average molecular weight is 291 g/mol. The summed E-state index contributed by atoms with van der Waals surface area (Å²) >= 11 is 3.45. The van der Waals surface area contributed by atoms with Crippen LogP contribution in [0.4, 0.5) is 0 Å². The molecule has 1 N–H and O–H groups in total. The van der Waals surface area contributed by atoms with E-state index >= 15 is 0 Å². The Balaban J connectivity index is 2.21. The van der Waals surface area contributed by atoms with Crippen molar-refractivity contribution in [2.75, 3.05) is 0 Å². The number of halogens is 1. The van der Waals surface area contributed by atoms with Crippen molar-refractivity contribution in [3.63, 3.8) is 0 Å². The molecule has 0 aliphatic rings. The molecule has 3 nitrogen and oxygen atoms in total. The lowest BCUT2D eigenvalue weighted by Crippen LogP contribution is -1.78. The van der Waals surface area contributed by atoms with Gasteiger partial charge >= 0.3 is 0 Å². The number of aromatic nitrogens is 2. The second kappa shape index (κ2) is 3.74. The SMILES string of the molecule is Cc1cc(-c2nc3ccc(Br)cc3[nH]2)c(C)o1. The zero-order valence-corrected chi connectivity index (χ0v) is 11.1. The highest BCUT2D eigenvalue weighted by molar-refractivity contribution is 9.10. The maximum Gasteiger partial charge on any atom is 0.142 e. The minimum Gasteiger partial charge on any atom is -0.466 e.